The molecule has 1 aromatic carbocycles. The first-order chi connectivity index (χ1) is 15.2. The fourth-order valence-electron chi connectivity index (χ4n) is 3.55. The number of benzene rings is 1. The number of hydrogen-bond donors (Lipinski definition) is 4. The zero-order valence-electron chi connectivity index (χ0n) is 18.5. The number of hydrogen-bond acceptors (Lipinski definition) is 4. The van der Waals surface area contributed by atoms with Gasteiger partial charge in [0, 0.05) is 46.7 Å². The van der Waals surface area contributed by atoms with Gasteiger partial charge in [-0.2, -0.15) is 0 Å². The van der Waals surface area contributed by atoms with Crippen LogP contribution in [0.15, 0.2) is 46.0 Å². The van der Waals surface area contributed by atoms with Crippen molar-refractivity contribution in [2.45, 2.75) is 40.8 Å². The van der Waals surface area contributed by atoms with Gasteiger partial charge >= 0.3 is 0 Å². The number of rotatable bonds is 6. The van der Waals surface area contributed by atoms with Gasteiger partial charge in [0.05, 0.1) is 0 Å². The molecule has 3 aromatic rings. The molecule has 0 saturated carbocycles. The summed E-state index contributed by atoms with van der Waals surface area (Å²) in [5, 5.41) is 5.45. The molecule has 4 N–H and O–H groups in total. The molecule has 0 unspecified atom stereocenters. The fourth-order valence-corrected chi connectivity index (χ4v) is 3.55. The van der Waals surface area contributed by atoms with Crippen LogP contribution in [0, 0.1) is 27.7 Å². The smallest absolute Gasteiger partial charge is 0.253 e. The van der Waals surface area contributed by atoms with Crippen LogP contribution in [0.25, 0.3) is 0 Å². The SMILES string of the molecule is Cc1cc(C)c(CNC(=O)c2cccc(C(=O)NCc3c(C)cc(C)[nH]c3=O)c2)c(=O)[nH]1. The van der Waals surface area contributed by atoms with E-state index in [-0.39, 0.29) is 24.2 Å². The maximum absolute atomic E-state index is 12.6. The van der Waals surface area contributed by atoms with Crippen molar-refractivity contribution in [3.8, 4) is 0 Å². The van der Waals surface area contributed by atoms with Gasteiger partial charge in [0.2, 0.25) is 0 Å². The molecule has 0 spiro atoms. The Morgan fingerprint density at radius 2 is 1.12 bits per heavy atom. The van der Waals surface area contributed by atoms with E-state index in [2.05, 4.69) is 20.6 Å². The number of H-pyrrole nitrogens is 2. The standard InChI is InChI=1S/C24H26N4O4/c1-13-8-15(3)27-23(31)19(13)11-25-21(29)17-6-5-7-18(10-17)22(30)26-12-20-14(2)9-16(4)28-24(20)32/h5-10H,11-12H2,1-4H3,(H,25,29)(H,26,30)(H,27,31)(H,28,32). The molecule has 0 aliphatic rings. The molecule has 0 fully saturated rings. The van der Waals surface area contributed by atoms with Crippen LogP contribution in [-0.4, -0.2) is 21.8 Å². The Kier molecular flexibility index (Phi) is 6.73. The second-order valence-corrected chi connectivity index (χ2v) is 7.83. The van der Waals surface area contributed by atoms with Crippen molar-refractivity contribution >= 4 is 11.8 Å². The summed E-state index contributed by atoms with van der Waals surface area (Å²) in [6, 6.07) is 9.95. The first-order valence-corrected chi connectivity index (χ1v) is 10.2. The summed E-state index contributed by atoms with van der Waals surface area (Å²) in [4.78, 5) is 54.9. The molecule has 3 rings (SSSR count). The maximum atomic E-state index is 12.6. The Morgan fingerprint density at radius 1 is 0.719 bits per heavy atom. The average Bonchev–Trinajstić information content (AvgIpc) is 2.72. The predicted molar refractivity (Wildman–Crippen MR) is 122 cm³/mol. The highest BCUT2D eigenvalue weighted by molar-refractivity contribution is 5.99. The minimum atomic E-state index is -0.398. The van der Waals surface area contributed by atoms with Crippen LogP contribution in [0.3, 0.4) is 0 Å². The molecule has 32 heavy (non-hydrogen) atoms. The number of aromatic amines is 2. The Hall–Kier alpha value is -3.94. The van der Waals surface area contributed by atoms with E-state index in [1.807, 2.05) is 26.0 Å². The van der Waals surface area contributed by atoms with Gasteiger partial charge in [-0.3, -0.25) is 19.2 Å². The Morgan fingerprint density at radius 3 is 1.50 bits per heavy atom. The fraction of sp³-hybridized carbons (Fsp3) is 0.250. The van der Waals surface area contributed by atoms with Gasteiger partial charge in [0.25, 0.3) is 22.9 Å². The lowest BCUT2D eigenvalue weighted by Gasteiger charge is -2.10. The van der Waals surface area contributed by atoms with Crippen molar-refractivity contribution in [2.75, 3.05) is 0 Å². The van der Waals surface area contributed by atoms with E-state index in [0.29, 0.717) is 22.3 Å². The molecule has 0 bridgehead atoms. The lowest BCUT2D eigenvalue weighted by molar-refractivity contribution is 0.0950. The zero-order chi connectivity index (χ0) is 23.4. The monoisotopic (exact) mass is 434 g/mol. The number of aromatic nitrogens is 2. The zero-order valence-corrected chi connectivity index (χ0v) is 18.5. The third kappa shape index (κ3) is 5.21. The second kappa shape index (κ2) is 9.47. The van der Waals surface area contributed by atoms with Gasteiger partial charge in [-0.05, 0) is 69.2 Å². The van der Waals surface area contributed by atoms with E-state index in [1.165, 1.54) is 6.07 Å². The van der Waals surface area contributed by atoms with Crippen molar-refractivity contribution < 1.29 is 9.59 Å². The van der Waals surface area contributed by atoms with E-state index in [0.717, 1.165) is 22.5 Å². The first kappa shape index (κ1) is 22.7. The summed E-state index contributed by atoms with van der Waals surface area (Å²) in [6.07, 6.45) is 0. The molecular weight excluding hydrogens is 408 g/mol. The molecule has 2 heterocycles. The quantitative estimate of drug-likeness (QED) is 0.475. The number of nitrogens with one attached hydrogen (secondary N) is 4. The van der Waals surface area contributed by atoms with Crippen molar-refractivity contribution in [3.05, 3.63) is 102 Å². The van der Waals surface area contributed by atoms with E-state index in [1.54, 1.807) is 32.0 Å². The van der Waals surface area contributed by atoms with Crippen LogP contribution in [-0.2, 0) is 13.1 Å². The molecule has 0 aliphatic carbocycles. The molecule has 0 radical (unpaired) electrons. The number of carbonyl (C=O) groups is 2. The number of amides is 2. The van der Waals surface area contributed by atoms with Crippen molar-refractivity contribution in [1.29, 1.82) is 0 Å². The van der Waals surface area contributed by atoms with E-state index >= 15 is 0 Å². The summed E-state index contributed by atoms with van der Waals surface area (Å²) < 4.78 is 0. The highest BCUT2D eigenvalue weighted by Crippen LogP contribution is 2.09. The van der Waals surface area contributed by atoms with Gasteiger partial charge in [0.1, 0.15) is 0 Å². The van der Waals surface area contributed by atoms with Gasteiger partial charge in [0.15, 0.2) is 0 Å². The molecule has 2 aromatic heterocycles. The van der Waals surface area contributed by atoms with E-state index in [4.69, 9.17) is 0 Å². The largest absolute Gasteiger partial charge is 0.348 e. The molecule has 2 amide bonds. The topological polar surface area (TPSA) is 124 Å². The Balaban J connectivity index is 1.68. The van der Waals surface area contributed by atoms with Gasteiger partial charge < -0.3 is 20.6 Å². The van der Waals surface area contributed by atoms with Crippen molar-refractivity contribution in [3.63, 3.8) is 0 Å². The number of aryl methyl sites for hydroxylation is 4. The third-order valence-corrected chi connectivity index (χ3v) is 5.23. The Labute approximate surface area is 185 Å². The van der Waals surface area contributed by atoms with E-state index in [9.17, 15) is 19.2 Å². The van der Waals surface area contributed by atoms with Crippen LogP contribution in [0.4, 0.5) is 0 Å². The van der Waals surface area contributed by atoms with Crippen LogP contribution in [0.5, 0.6) is 0 Å². The number of pyridine rings is 2. The Bertz CT molecular complexity index is 1210. The van der Waals surface area contributed by atoms with Gasteiger partial charge in [-0.1, -0.05) is 6.07 Å². The van der Waals surface area contributed by atoms with Crippen LogP contribution >= 0.6 is 0 Å². The minimum absolute atomic E-state index is 0.0756. The second-order valence-electron chi connectivity index (χ2n) is 7.83. The molecule has 0 atom stereocenters. The van der Waals surface area contributed by atoms with E-state index < -0.39 is 11.8 Å². The normalized spacial score (nSPS) is 10.6. The first-order valence-electron chi connectivity index (χ1n) is 10.2. The molecule has 8 heteroatoms. The molecule has 0 aliphatic heterocycles. The van der Waals surface area contributed by atoms with Gasteiger partial charge in [-0.15, -0.1) is 0 Å². The lowest BCUT2D eigenvalue weighted by atomic mass is 10.1. The van der Waals surface area contributed by atoms with Crippen molar-refractivity contribution in [2.24, 2.45) is 0 Å². The molecular formula is C24H26N4O4. The minimum Gasteiger partial charge on any atom is -0.348 e. The summed E-state index contributed by atoms with van der Waals surface area (Å²) >= 11 is 0. The van der Waals surface area contributed by atoms with Crippen LogP contribution in [0.1, 0.15) is 54.4 Å². The van der Waals surface area contributed by atoms with Crippen LogP contribution in [0.2, 0.25) is 0 Å². The molecule has 8 nitrogen and oxygen atoms in total. The highest BCUT2D eigenvalue weighted by Gasteiger charge is 2.13. The summed E-state index contributed by atoms with van der Waals surface area (Å²) in [5.41, 5.74) is 4.17. The molecule has 0 saturated heterocycles. The summed E-state index contributed by atoms with van der Waals surface area (Å²) in [7, 11) is 0. The summed E-state index contributed by atoms with van der Waals surface area (Å²) in [6.45, 7) is 7.37. The van der Waals surface area contributed by atoms with Crippen LogP contribution < -0.4 is 21.8 Å². The summed E-state index contributed by atoms with van der Waals surface area (Å²) in [5.74, 6) is -0.797. The van der Waals surface area contributed by atoms with Crippen molar-refractivity contribution in [1.82, 2.24) is 20.6 Å². The third-order valence-electron chi connectivity index (χ3n) is 5.23. The van der Waals surface area contributed by atoms with Gasteiger partial charge in [-0.25, -0.2) is 0 Å². The molecule has 166 valence electrons. The predicted octanol–water partition coefficient (Wildman–Crippen LogP) is 2.16. The highest BCUT2D eigenvalue weighted by atomic mass is 16.2. The number of carbonyl (C=O) groups excluding carboxylic acids is 2. The average molecular weight is 434 g/mol. The lowest BCUT2D eigenvalue weighted by Crippen LogP contribution is -2.29. The maximum Gasteiger partial charge on any atom is 0.253 e.